The predicted molar refractivity (Wildman–Crippen MR) is 101 cm³/mol. The molecular formula is C18H21F3N4O3S. The van der Waals surface area contributed by atoms with Crippen LogP contribution in [0.4, 0.5) is 18.9 Å². The van der Waals surface area contributed by atoms with E-state index in [-0.39, 0.29) is 11.8 Å². The fraction of sp³-hybridized carbons (Fsp3) is 0.500. The van der Waals surface area contributed by atoms with Crippen LogP contribution in [0.15, 0.2) is 24.5 Å². The summed E-state index contributed by atoms with van der Waals surface area (Å²) in [7, 11) is 1.88. The lowest BCUT2D eigenvalue weighted by Crippen LogP contribution is -2.32. The molecule has 2 aromatic heterocycles. The summed E-state index contributed by atoms with van der Waals surface area (Å²) in [6.45, 7) is 5.85. The second-order valence-corrected chi connectivity index (χ2v) is 8.57. The summed E-state index contributed by atoms with van der Waals surface area (Å²) in [5, 5.41) is 11.3. The smallest absolute Gasteiger partial charge is 0.475 e. The fourth-order valence-electron chi connectivity index (χ4n) is 3.65. The molecule has 11 heteroatoms. The number of hydrogen-bond donors (Lipinski definition) is 1. The van der Waals surface area contributed by atoms with E-state index < -0.39 is 12.1 Å². The predicted octanol–water partition coefficient (Wildman–Crippen LogP) is 2.52. The highest BCUT2D eigenvalue weighted by atomic mass is 32.1. The number of hydrogen-bond acceptors (Lipinski definition) is 5. The van der Waals surface area contributed by atoms with Crippen molar-refractivity contribution in [1.82, 2.24) is 14.7 Å². The molecule has 1 N–H and O–H groups in total. The highest BCUT2D eigenvalue weighted by molar-refractivity contribution is 7.11. The molecule has 0 radical (unpaired) electrons. The van der Waals surface area contributed by atoms with Gasteiger partial charge in [-0.3, -0.25) is 14.4 Å². The van der Waals surface area contributed by atoms with Crippen LogP contribution in [0.25, 0.3) is 0 Å². The van der Waals surface area contributed by atoms with Gasteiger partial charge in [0.25, 0.3) is 0 Å². The number of carbonyl (C=O) groups excluding carboxylic acids is 1. The minimum Gasteiger partial charge on any atom is -0.475 e. The van der Waals surface area contributed by atoms with Crippen LogP contribution in [0.5, 0.6) is 0 Å². The molecular weight excluding hydrogens is 409 g/mol. The first kappa shape index (κ1) is 21.3. The number of aryl methyl sites for hydroxylation is 2. The van der Waals surface area contributed by atoms with Gasteiger partial charge < -0.3 is 10.0 Å². The monoisotopic (exact) mass is 430 g/mol. The van der Waals surface area contributed by atoms with Crippen molar-refractivity contribution in [2.75, 3.05) is 24.5 Å². The SMILES string of the molecule is Cc1ccc(CN2C[C@H]3CN(c4cnn(C)c4)C(=O)[C@H]3C2)s1.O=C(O)C(F)(F)F. The summed E-state index contributed by atoms with van der Waals surface area (Å²) < 4.78 is 33.5. The largest absolute Gasteiger partial charge is 0.490 e. The van der Waals surface area contributed by atoms with E-state index in [1.807, 2.05) is 29.5 Å². The van der Waals surface area contributed by atoms with E-state index >= 15 is 0 Å². The molecule has 2 aliphatic rings. The Hall–Kier alpha value is -2.40. The summed E-state index contributed by atoms with van der Waals surface area (Å²) in [5.74, 6) is -1.88. The van der Waals surface area contributed by atoms with E-state index in [1.165, 1.54) is 9.75 Å². The second kappa shape index (κ2) is 8.15. The highest BCUT2D eigenvalue weighted by Crippen LogP contribution is 2.35. The standard InChI is InChI=1S/C16H20N4OS.C2HF3O2/c1-11-3-4-14(22-11)9-19-6-12-7-20(16(21)15(12)10-19)13-5-17-18(2)8-13;3-2(4,5)1(6)7/h3-5,8,12,15H,6-7,9-10H2,1-2H3;(H,6,7)/t12-,15-;/m0./s1. The number of alkyl halides is 3. The van der Waals surface area contributed by atoms with Crippen LogP contribution in [-0.4, -0.2) is 57.5 Å². The number of thiophene rings is 1. The minimum absolute atomic E-state index is 0.154. The molecule has 0 aliphatic carbocycles. The zero-order valence-corrected chi connectivity index (χ0v) is 16.7. The first-order valence-corrected chi connectivity index (χ1v) is 9.74. The van der Waals surface area contributed by atoms with Gasteiger partial charge in [-0.1, -0.05) is 0 Å². The van der Waals surface area contributed by atoms with Crippen molar-refractivity contribution in [3.8, 4) is 0 Å². The van der Waals surface area contributed by atoms with E-state index in [0.29, 0.717) is 5.92 Å². The van der Waals surface area contributed by atoms with Crippen LogP contribution in [0, 0.1) is 18.8 Å². The van der Waals surface area contributed by atoms with Crippen LogP contribution in [0.3, 0.4) is 0 Å². The summed E-state index contributed by atoms with van der Waals surface area (Å²) in [6, 6.07) is 4.38. The lowest BCUT2D eigenvalue weighted by atomic mass is 10.0. The maximum Gasteiger partial charge on any atom is 0.490 e. The number of aliphatic carboxylic acids is 1. The van der Waals surface area contributed by atoms with E-state index in [2.05, 4.69) is 29.1 Å². The van der Waals surface area contributed by atoms with Crippen molar-refractivity contribution >= 4 is 28.9 Å². The van der Waals surface area contributed by atoms with Gasteiger partial charge in [0.2, 0.25) is 5.91 Å². The molecule has 2 atom stereocenters. The number of aromatic nitrogens is 2. The molecule has 158 valence electrons. The summed E-state index contributed by atoms with van der Waals surface area (Å²) in [4.78, 5) is 28.7. The normalized spacial score (nSPS) is 21.8. The van der Waals surface area contributed by atoms with Crippen LogP contribution < -0.4 is 4.90 Å². The number of carboxylic acids is 1. The van der Waals surface area contributed by atoms with Crippen molar-refractivity contribution in [2.45, 2.75) is 19.6 Å². The fourth-order valence-corrected chi connectivity index (χ4v) is 4.58. The first-order valence-electron chi connectivity index (χ1n) is 8.92. The number of carbonyl (C=O) groups is 2. The lowest BCUT2D eigenvalue weighted by molar-refractivity contribution is -0.192. The number of likely N-dealkylation sites (tertiary alicyclic amines) is 1. The average Bonchev–Trinajstić information content (AvgIpc) is 3.36. The van der Waals surface area contributed by atoms with Crippen molar-refractivity contribution < 1.29 is 27.9 Å². The lowest BCUT2D eigenvalue weighted by Gasteiger charge is -2.20. The molecule has 0 bridgehead atoms. The maximum absolute atomic E-state index is 12.7. The number of rotatable bonds is 3. The third-order valence-electron chi connectivity index (χ3n) is 4.94. The van der Waals surface area contributed by atoms with Gasteiger partial charge in [0.05, 0.1) is 17.8 Å². The molecule has 1 amide bonds. The van der Waals surface area contributed by atoms with E-state index in [9.17, 15) is 18.0 Å². The van der Waals surface area contributed by atoms with Crippen molar-refractivity contribution in [3.05, 3.63) is 34.3 Å². The number of fused-ring (bicyclic) bond motifs is 1. The van der Waals surface area contributed by atoms with Gasteiger partial charge in [0.1, 0.15) is 0 Å². The molecule has 7 nitrogen and oxygen atoms in total. The number of anilines is 1. The van der Waals surface area contributed by atoms with Crippen LogP contribution >= 0.6 is 11.3 Å². The van der Waals surface area contributed by atoms with Crippen molar-refractivity contribution in [2.24, 2.45) is 18.9 Å². The minimum atomic E-state index is -5.08. The molecule has 0 spiro atoms. The molecule has 2 aromatic rings. The van der Waals surface area contributed by atoms with Crippen molar-refractivity contribution in [3.63, 3.8) is 0 Å². The Labute approximate surface area is 169 Å². The molecule has 0 unspecified atom stereocenters. The van der Waals surface area contributed by atoms with Gasteiger partial charge >= 0.3 is 12.1 Å². The Kier molecular flexibility index (Phi) is 5.99. The van der Waals surface area contributed by atoms with Gasteiger partial charge in [-0.15, -0.1) is 11.3 Å². The molecule has 29 heavy (non-hydrogen) atoms. The Morgan fingerprint density at radius 2 is 2.00 bits per heavy atom. The third-order valence-corrected chi connectivity index (χ3v) is 5.92. The average molecular weight is 430 g/mol. The molecule has 2 fully saturated rings. The molecule has 0 aromatic carbocycles. The van der Waals surface area contributed by atoms with Gasteiger partial charge in [0.15, 0.2) is 0 Å². The zero-order valence-electron chi connectivity index (χ0n) is 15.9. The molecule has 0 saturated carbocycles. The van der Waals surface area contributed by atoms with Crippen LogP contribution in [-0.2, 0) is 23.2 Å². The van der Waals surface area contributed by atoms with E-state index in [0.717, 1.165) is 31.9 Å². The van der Waals surface area contributed by atoms with Gasteiger partial charge in [-0.2, -0.15) is 18.3 Å². The second-order valence-electron chi connectivity index (χ2n) is 7.20. The topological polar surface area (TPSA) is 78.7 Å². The summed E-state index contributed by atoms with van der Waals surface area (Å²) >= 11 is 1.86. The summed E-state index contributed by atoms with van der Waals surface area (Å²) in [6.07, 6.45) is -1.38. The maximum atomic E-state index is 12.7. The Balaban J connectivity index is 0.000000298. The van der Waals surface area contributed by atoms with E-state index in [1.54, 1.807) is 10.9 Å². The molecule has 4 heterocycles. The van der Waals surface area contributed by atoms with Crippen LogP contribution in [0.1, 0.15) is 9.75 Å². The Morgan fingerprint density at radius 3 is 2.48 bits per heavy atom. The van der Waals surface area contributed by atoms with Gasteiger partial charge in [0, 0.05) is 55.1 Å². The Morgan fingerprint density at radius 1 is 1.31 bits per heavy atom. The van der Waals surface area contributed by atoms with Crippen LogP contribution in [0.2, 0.25) is 0 Å². The number of halogens is 3. The highest BCUT2D eigenvalue weighted by Gasteiger charge is 2.46. The summed E-state index contributed by atoms with van der Waals surface area (Å²) in [5.41, 5.74) is 0.933. The first-order chi connectivity index (χ1) is 13.5. The molecule has 4 rings (SSSR count). The molecule has 2 aliphatic heterocycles. The van der Waals surface area contributed by atoms with Gasteiger partial charge in [-0.25, -0.2) is 4.79 Å². The zero-order chi connectivity index (χ0) is 21.3. The third kappa shape index (κ3) is 4.96. The quantitative estimate of drug-likeness (QED) is 0.810. The van der Waals surface area contributed by atoms with E-state index in [4.69, 9.17) is 9.90 Å². The number of amides is 1. The molecule has 2 saturated heterocycles. The Bertz CT molecular complexity index is 895. The number of carboxylic acid groups (broad SMARTS) is 1. The van der Waals surface area contributed by atoms with Crippen molar-refractivity contribution in [1.29, 1.82) is 0 Å². The number of nitrogens with zero attached hydrogens (tertiary/aromatic N) is 4. The van der Waals surface area contributed by atoms with Gasteiger partial charge in [-0.05, 0) is 19.1 Å².